The number of ether oxygens (including phenoxy) is 2. The molecule has 0 radical (unpaired) electrons. The van der Waals surface area contributed by atoms with E-state index in [1.54, 1.807) is 4.90 Å². The Bertz CT molecular complexity index is 1180. The molecule has 0 N–H and O–H groups in total. The number of esters is 1. The summed E-state index contributed by atoms with van der Waals surface area (Å²) in [6, 6.07) is 10.7. The summed E-state index contributed by atoms with van der Waals surface area (Å²) in [5, 5.41) is 0. The van der Waals surface area contributed by atoms with Crippen LogP contribution in [0.2, 0.25) is 0 Å². The normalized spacial score (nSPS) is 24.5. The van der Waals surface area contributed by atoms with Gasteiger partial charge in [0, 0.05) is 24.9 Å². The molecule has 3 atom stereocenters. The second kappa shape index (κ2) is 12.4. The molecule has 5 nitrogen and oxygen atoms in total. The maximum absolute atomic E-state index is 13.4. The lowest BCUT2D eigenvalue weighted by atomic mass is 9.80. The van der Waals surface area contributed by atoms with E-state index in [9.17, 15) is 35.9 Å². The van der Waals surface area contributed by atoms with E-state index >= 15 is 0 Å². The van der Waals surface area contributed by atoms with Gasteiger partial charge in [0.15, 0.2) is 0 Å². The molecule has 2 fully saturated rings. The maximum Gasteiger partial charge on any atom is 0.416 e. The summed E-state index contributed by atoms with van der Waals surface area (Å²) >= 11 is 0. The van der Waals surface area contributed by atoms with Crippen molar-refractivity contribution in [2.24, 2.45) is 11.8 Å². The molecule has 1 aliphatic heterocycles. The molecule has 1 saturated carbocycles. The Morgan fingerprint density at radius 1 is 0.854 bits per heavy atom. The lowest BCUT2D eigenvalue weighted by Gasteiger charge is -2.41. The largest absolute Gasteiger partial charge is 0.469 e. The number of halogens is 6. The van der Waals surface area contributed by atoms with Crippen molar-refractivity contribution < 1.29 is 45.4 Å². The van der Waals surface area contributed by atoms with Crippen LogP contribution in [0.15, 0.2) is 48.5 Å². The summed E-state index contributed by atoms with van der Waals surface area (Å²) in [5.41, 5.74) is -2.14. The fraction of sp³-hybridized carbons (Fsp3) is 0.533. The minimum atomic E-state index is -4.95. The number of carbonyl (C=O) groups is 2. The van der Waals surface area contributed by atoms with Crippen LogP contribution in [0.1, 0.15) is 73.3 Å². The van der Waals surface area contributed by atoms with Gasteiger partial charge in [-0.2, -0.15) is 26.3 Å². The highest BCUT2D eigenvalue weighted by Crippen LogP contribution is 2.40. The van der Waals surface area contributed by atoms with E-state index in [2.05, 4.69) is 0 Å². The van der Waals surface area contributed by atoms with Crippen molar-refractivity contribution in [3.63, 3.8) is 0 Å². The number of piperidine rings is 1. The van der Waals surface area contributed by atoms with Gasteiger partial charge in [0.2, 0.25) is 5.91 Å². The highest BCUT2D eigenvalue weighted by atomic mass is 19.4. The number of rotatable bonds is 6. The summed E-state index contributed by atoms with van der Waals surface area (Å²) < 4.78 is 91.6. The second-order valence-corrected chi connectivity index (χ2v) is 10.8. The summed E-state index contributed by atoms with van der Waals surface area (Å²) in [5.74, 6) is -1.07. The number of likely N-dealkylation sites (tertiary alicyclic amines) is 1. The van der Waals surface area contributed by atoms with E-state index in [0.717, 1.165) is 5.56 Å². The number of alkyl halides is 6. The summed E-state index contributed by atoms with van der Waals surface area (Å²) in [6.07, 6.45) is -8.89. The average Bonchev–Trinajstić information content (AvgIpc) is 2.96. The van der Waals surface area contributed by atoms with Crippen molar-refractivity contribution in [2.75, 3.05) is 20.2 Å². The first-order valence-corrected chi connectivity index (χ1v) is 13.6. The van der Waals surface area contributed by atoms with Crippen LogP contribution in [-0.2, 0) is 31.4 Å². The molecule has 1 saturated heterocycles. The lowest BCUT2D eigenvalue weighted by molar-refractivity contribution is -0.149. The Hall–Kier alpha value is -3.08. The maximum atomic E-state index is 13.4. The Morgan fingerprint density at radius 2 is 1.41 bits per heavy atom. The van der Waals surface area contributed by atoms with Crippen LogP contribution in [-0.4, -0.2) is 43.1 Å². The molecule has 0 unspecified atom stereocenters. The van der Waals surface area contributed by atoms with Crippen LogP contribution < -0.4 is 0 Å². The van der Waals surface area contributed by atoms with Gasteiger partial charge in [-0.05, 0) is 68.4 Å². The zero-order valence-electron chi connectivity index (χ0n) is 22.8. The van der Waals surface area contributed by atoms with Crippen LogP contribution >= 0.6 is 0 Å². The third kappa shape index (κ3) is 7.42. The third-order valence-corrected chi connectivity index (χ3v) is 8.16. The third-order valence-electron chi connectivity index (χ3n) is 8.16. The number of benzene rings is 2. The monoisotopic (exact) mass is 585 g/mol. The van der Waals surface area contributed by atoms with E-state index in [0.29, 0.717) is 57.3 Å². The molecule has 41 heavy (non-hydrogen) atoms. The summed E-state index contributed by atoms with van der Waals surface area (Å²) in [4.78, 5) is 27.1. The summed E-state index contributed by atoms with van der Waals surface area (Å²) in [6.45, 7) is 2.08. The number of amides is 1. The van der Waals surface area contributed by atoms with Crippen LogP contribution in [0, 0.1) is 11.8 Å². The SMILES string of the molecule is COC(=O)C1CCC(C(=O)N2CC[C@H](O[C@H](C)c3cc(C(F)(F)F)cc(C(F)(F)F)c3)[C@H](c3ccccc3)C2)CC1. The molecule has 1 amide bonds. The van der Waals surface area contributed by atoms with Crippen molar-refractivity contribution in [1.29, 1.82) is 0 Å². The van der Waals surface area contributed by atoms with Crippen molar-refractivity contribution in [1.82, 2.24) is 4.90 Å². The smallest absolute Gasteiger partial charge is 0.416 e. The molecule has 4 rings (SSSR count). The molecule has 1 heterocycles. The van der Waals surface area contributed by atoms with Gasteiger partial charge in [-0.25, -0.2) is 0 Å². The van der Waals surface area contributed by atoms with Crippen molar-refractivity contribution in [3.05, 3.63) is 70.8 Å². The van der Waals surface area contributed by atoms with Gasteiger partial charge in [-0.1, -0.05) is 30.3 Å². The minimum absolute atomic E-state index is 0.0200. The molecule has 2 aromatic rings. The van der Waals surface area contributed by atoms with Crippen LogP contribution in [0.3, 0.4) is 0 Å². The van der Waals surface area contributed by atoms with E-state index in [1.807, 2.05) is 30.3 Å². The molecule has 11 heteroatoms. The standard InChI is InChI=1S/C30H33F6NO4/c1-18(22-14-23(29(31,32)33)16-24(15-22)30(34,35)36)41-26-12-13-37(17-25(26)19-6-4-3-5-7-19)27(38)20-8-10-21(11-9-20)28(39)40-2/h3-7,14-16,18,20-21,25-26H,8-13,17H2,1-2H3/t18-,20?,21?,25+,26+/m1/s1. The number of methoxy groups -OCH3 is 1. The average molecular weight is 586 g/mol. The molecular formula is C30H33F6NO4. The first-order chi connectivity index (χ1) is 19.3. The molecule has 0 aromatic heterocycles. The Labute approximate surface area is 234 Å². The molecule has 2 aromatic carbocycles. The number of hydrogen-bond donors (Lipinski definition) is 0. The number of hydrogen-bond acceptors (Lipinski definition) is 4. The highest BCUT2D eigenvalue weighted by molar-refractivity contribution is 5.80. The predicted molar refractivity (Wildman–Crippen MR) is 138 cm³/mol. The van der Waals surface area contributed by atoms with Gasteiger partial charge in [-0.3, -0.25) is 9.59 Å². The van der Waals surface area contributed by atoms with Crippen LogP contribution in [0.25, 0.3) is 0 Å². The fourth-order valence-electron chi connectivity index (χ4n) is 5.87. The van der Waals surface area contributed by atoms with Gasteiger partial charge in [0.05, 0.1) is 36.4 Å². The molecular weight excluding hydrogens is 552 g/mol. The Kier molecular flexibility index (Phi) is 9.35. The highest BCUT2D eigenvalue weighted by Gasteiger charge is 2.40. The second-order valence-electron chi connectivity index (χ2n) is 10.8. The van der Waals surface area contributed by atoms with Crippen molar-refractivity contribution in [3.8, 4) is 0 Å². The molecule has 0 bridgehead atoms. The van der Waals surface area contributed by atoms with Gasteiger partial charge in [0.1, 0.15) is 0 Å². The van der Waals surface area contributed by atoms with Gasteiger partial charge < -0.3 is 14.4 Å². The molecule has 2 aliphatic rings. The topological polar surface area (TPSA) is 55.8 Å². The van der Waals surface area contributed by atoms with E-state index in [1.165, 1.54) is 14.0 Å². The van der Waals surface area contributed by atoms with Gasteiger partial charge >= 0.3 is 18.3 Å². The summed E-state index contributed by atoms with van der Waals surface area (Å²) in [7, 11) is 1.35. The van der Waals surface area contributed by atoms with Crippen LogP contribution in [0.4, 0.5) is 26.3 Å². The molecule has 1 aliphatic carbocycles. The number of carbonyl (C=O) groups excluding carboxylic acids is 2. The lowest BCUT2D eigenvalue weighted by Crippen LogP contribution is -2.48. The molecule has 0 spiro atoms. The number of nitrogens with zero attached hydrogens (tertiary/aromatic N) is 1. The zero-order valence-corrected chi connectivity index (χ0v) is 22.8. The quantitative estimate of drug-likeness (QED) is 0.267. The Morgan fingerprint density at radius 3 is 1.95 bits per heavy atom. The predicted octanol–water partition coefficient (Wildman–Crippen LogP) is 7.17. The van der Waals surface area contributed by atoms with E-state index in [4.69, 9.17) is 9.47 Å². The van der Waals surface area contributed by atoms with Crippen LogP contribution in [0.5, 0.6) is 0 Å². The van der Waals surface area contributed by atoms with Crippen molar-refractivity contribution in [2.45, 2.75) is 69.5 Å². The first kappa shape index (κ1) is 30.9. The zero-order chi connectivity index (χ0) is 29.9. The van der Waals surface area contributed by atoms with Gasteiger partial charge in [-0.15, -0.1) is 0 Å². The first-order valence-electron chi connectivity index (χ1n) is 13.6. The van der Waals surface area contributed by atoms with Gasteiger partial charge in [0.25, 0.3) is 0 Å². The van der Waals surface area contributed by atoms with E-state index < -0.39 is 35.7 Å². The minimum Gasteiger partial charge on any atom is -0.469 e. The fourth-order valence-corrected chi connectivity index (χ4v) is 5.87. The molecule has 224 valence electrons. The van der Waals surface area contributed by atoms with Crippen molar-refractivity contribution >= 4 is 11.9 Å². The Balaban J connectivity index is 1.52. The van der Waals surface area contributed by atoms with E-state index in [-0.39, 0.29) is 41.3 Å².